The highest BCUT2D eigenvalue weighted by atomic mass is 19.1. The molecule has 24 heavy (non-hydrogen) atoms. The fraction of sp³-hybridized carbons (Fsp3) is 0.368. The molecule has 1 saturated heterocycles. The fourth-order valence-electron chi connectivity index (χ4n) is 3.20. The van der Waals surface area contributed by atoms with Gasteiger partial charge in [0.05, 0.1) is 13.7 Å². The molecule has 2 aromatic carbocycles. The quantitative estimate of drug-likeness (QED) is 0.882. The van der Waals surface area contributed by atoms with Crippen molar-refractivity contribution in [2.75, 3.05) is 26.8 Å². The van der Waals surface area contributed by atoms with Crippen molar-refractivity contribution in [2.45, 2.75) is 12.3 Å². The van der Waals surface area contributed by atoms with E-state index in [0.29, 0.717) is 29.9 Å². The van der Waals surface area contributed by atoms with Crippen LogP contribution in [0.4, 0.5) is 4.39 Å². The smallest absolute Gasteiger partial charge is 0.164 e. The van der Waals surface area contributed by atoms with Crippen molar-refractivity contribution in [3.05, 3.63) is 53.8 Å². The molecule has 0 radical (unpaired) electrons. The number of aromatic hydroxyl groups is 1. The second kappa shape index (κ2) is 7.53. The highest BCUT2D eigenvalue weighted by Crippen LogP contribution is 2.33. The minimum Gasteiger partial charge on any atom is -0.504 e. The number of phenolic OH excluding ortho intramolecular Hbond substituents is 1. The first-order valence-corrected chi connectivity index (χ1v) is 8.13. The zero-order valence-electron chi connectivity index (χ0n) is 13.7. The highest BCUT2D eigenvalue weighted by molar-refractivity contribution is 5.44. The molecule has 0 unspecified atom stereocenters. The van der Waals surface area contributed by atoms with Crippen molar-refractivity contribution in [3.8, 4) is 17.2 Å². The molecular formula is C19H22FNO3. The number of methoxy groups -OCH3 is 1. The van der Waals surface area contributed by atoms with Crippen molar-refractivity contribution in [1.82, 2.24) is 5.32 Å². The number of halogens is 1. The zero-order valence-corrected chi connectivity index (χ0v) is 13.7. The Morgan fingerprint density at radius 2 is 2.00 bits per heavy atom. The van der Waals surface area contributed by atoms with Crippen LogP contribution in [0.2, 0.25) is 0 Å². The SMILES string of the molecule is COc1cc(OC[C@@H]2CNCC[C@H]2c2ccc(F)cc2)ccc1O. The standard InChI is InChI=1S/C19H22FNO3/c1-23-19-10-16(6-7-18(19)22)24-12-14-11-21-9-8-17(14)13-2-4-15(20)5-3-13/h2-7,10,14,17,21-22H,8-9,11-12H2,1H3/t14-,17-/m0/s1. The Hall–Kier alpha value is -2.27. The van der Waals surface area contributed by atoms with Gasteiger partial charge < -0.3 is 19.9 Å². The van der Waals surface area contributed by atoms with Crippen molar-refractivity contribution in [3.63, 3.8) is 0 Å². The lowest BCUT2D eigenvalue weighted by atomic mass is 9.81. The Morgan fingerprint density at radius 3 is 2.75 bits per heavy atom. The molecule has 0 amide bonds. The molecule has 2 atom stereocenters. The minimum atomic E-state index is -0.211. The largest absolute Gasteiger partial charge is 0.504 e. The number of benzene rings is 2. The maximum atomic E-state index is 13.2. The van der Waals surface area contributed by atoms with E-state index in [1.165, 1.54) is 19.2 Å². The van der Waals surface area contributed by atoms with Crippen LogP contribution in [-0.2, 0) is 0 Å². The molecule has 0 aromatic heterocycles. The van der Waals surface area contributed by atoms with Gasteiger partial charge in [-0.05, 0) is 48.7 Å². The number of nitrogens with one attached hydrogen (secondary N) is 1. The van der Waals surface area contributed by atoms with Crippen LogP contribution in [0.15, 0.2) is 42.5 Å². The molecule has 0 spiro atoms. The molecule has 0 saturated carbocycles. The summed E-state index contributed by atoms with van der Waals surface area (Å²) in [7, 11) is 1.51. The average molecular weight is 331 g/mol. The summed E-state index contributed by atoms with van der Waals surface area (Å²) in [4.78, 5) is 0. The maximum absolute atomic E-state index is 13.2. The van der Waals surface area contributed by atoms with Gasteiger partial charge in [-0.3, -0.25) is 0 Å². The van der Waals surface area contributed by atoms with E-state index < -0.39 is 0 Å². The van der Waals surface area contributed by atoms with Gasteiger partial charge in [-0.1, -0.05) is 12.1 Å². The van der Waals surface area contributed by atoms with Crippen molar-refractivity contribution in [2.24, 2.45) is 5.92 Å². The van der Waals surface area contributed by atoms with E-state index in [4.69, 9.17) is 9.47 Å². The van der Waals surface area contributed by atoms with Crippen LogP contribution in [0.1, 0.15) is 17.9 Å². The lowest BCUT2D eigenvalue weighted by Crippen LogP contribution is -2.38. The fourth-order valence-corrected chi connectivity index (χ4v) is 3.20. The Balaban J connectivity index is 1.69. The van der Waals surface area contributed by atoms with Gasteiger partial charge in [0.1, 0.15) is 11.6 Å². The maximum Gasteiger partial charge on any atom is 0.164 e. The van der Waals surface area contributed by atoms with Gasteiger partial charge in [-0.2, -0.15) is 0 Å². The van der Waals surface area contributed by atoms with E-state index in [1.54, 1.807) is 18.2 Å². The third-order valence-corrected chi connectivity index (χ3v) is 4.52. The molecule has 128 valence electrons. The lowest BCUT2D eigenvalue weighted by molar-refractivity contribution is 0.196. The Labute approximate surface area is 141 Å². The molecule has 0 aliphatic carbocycles. The van der Waals surface area contributed by atoms with Crippen molar-refractivity contribution < 1.29 is 19.0 Å². The molecule has 2 aromatic rings. The van der Waals surface area contributed by atoms with Crippen LogP contribution in [0.25, 0.3) is 0 Å². The van der Waals surface area contributed by atoms with Crippen LogP contribution in [0, 0.1) is 11.7 Å². The summed E-state index contributed by atoms with van der Waals surface area (Å²) in [6, 6.07) is 11.7. The predicted molar refractivity (Wildman–Crippen MR) is 90.3 cm³/mol. The third-order valence-electron chi connectivity index (χ3n) is 4.52. The Kier molecular flexibility index (Phi) is 5.20. The van der Waals surface area contributed by atoms with Crippen LogP contribution in [-0.4, -0.2) is 31.9 Å². The minimum absolute atomic E-state index is 0.0911. The van der Waals surface area contributed by atoms with E-state index in [1.807, 2.05) is 12.1 Å². The van der Waals surface area contributed by atoms with E-state index >= 15 is 0 Å². The van der Waals surface area contributed by atoms with Crippen molar-refractivity contribution in [1.29, 1.82) is 0 Å². The number of rotatable bonds is 5. The normalized spacial score (nSPS) is 20.6. The number of hydrogen-bond donors (Lipinski definition) is 2. The molecule has 4 nitrogen and oxygen atoms in total. The summed E-state index contributed by atoms with van der Waals surface area (Å²) >= 11 is 0. The van der Waals surface area contributed by atoms with Crippen LogP contribution in [0.3, 0.4) is 0 Å². The molecule has 3 rings (SSSR count). The van der Waals surface area contributed by atoms with Gasteiger partial charge in [-0.25, -0.2) is 4.39 Å². The molecule has 1 aliphatic heterocycles. The zero-order chi connectivity index (χ0) is 16.9. The molecule has 0 bridgehead atoms. The third kappa shape index (κ3) is 3.79. The van der Waals surface area contributed by atoms with E-state index in [0.717, 1.165) is 25.1 Å². The topological polar surface area (TPSA) is 50.7 Å². The summed E-state index contributed by atoms with van der Waals surface area (Å²) in [5, 5.41) is 13.0. The lowest BCUT2D eigenvalue weighted by Gasteiger charge is -2.32. The molecule has 1 aliphatic rings. The van der Waals surface area contributed by atoms with E-state index in [-0.39, 0.29) is 11.6 Å². The first kappa shape index (κ1) is 16.6. The summed E-state index contributed by atoms with van der Waals surface area (Å²) in [5.41, 5.74) is 1.15. The van der Waals surface area contributed by atoms with Gasteiger partial charge in [0.2, 0.25) is 0 Å². The van der Waals surface area contributed by atoms with Crippen LogP contribution < -0.4 is 14.8 Å². The van der Waals surface area contributed by atoms with Crippen LogP contribution >= 0.6 is 0 Å². The summed E-state index contributed by atoms with van der Waals surface area (Å²) in [6.07, 6.45) is 0.999. The monoisotopic (exact) mass is 331 g/mol. The highest BCUT2D eigenvalue weighted by Gasteiger charge is 2.27. The van der Waals surface area contributed by atoms with Gasteiger partial charge in [-0.15, -0.1) is 0 Å². The number of phenols is 1. The molecule has 2 N–H and O–H groups in total. The molecule has 1 fully saturated rings. The Bertz CT molecular complexity index is 675. The molecular weight excluding hydrogens is 309 g/mol. The van der Waals surface area contributed by atoms with E-state index in [2.05, 4.69) is 5.32 Å². The number of ether oxygens (including phenoxy) is 2. The van der Waals surface area contributed by atoms with E-state index in [9.17, 15) is 9.50 Å². The van der Waals surface area contributed by atoms with Gasteiger partial charge in [0, 0.05) is 18.5 Å². The van der Waals surface area contributed by atoms with Crippen molar-refractivity contribution >= 4 is 0 Å². The number of hydrogen-bond acceptors (Lipinski definition) is 4. The summed E-state index contributed by atoms with van der Waals surface area (Å²) < 4.78 is 24.2. The van der Waals surface area contributed by atoms with Gasteiger partial charge >= 0.3 is 0 Å². The second-order valence-corrected chi connectivity index (χ2v) is 6.06. The average Bonchev–Trinajstić information content (AvgIpc) is 2.62. The number of piperidine rings is 1. The second-order valence-electron chi connectivity index (χ2n) is 6.06. The summed E-state index contributed by atoms with van der Waals surface area (Å²) in [5.74, 6) is 1.57. The predicted octanol–water partition coefficient (Wildman–Crippen LogP) is 3.31. The Morgan fingerprint density at radius 1 is 1.21 bits per heavy atom. The molecule has 5 heteroatoms. The molecule has 1 heterocycles. The summed E-state index contributed by atoms with van der Waals surface area (Å²) in [6.45, 7) is 2.35. The van der Waals surface area contributed by atoms with Crippen LogP contribution in [0.5, 0.6) is 17.2 Å². The first-order chi connectivity index (χ1) is 11.7. The first-order valence-electron chi connectivity index (χ1n) is 8.13. The van der Waals surface area contributed by atoms with Gasteiger partial charge in [0.15, 0.2) is 11.5 Å². The van der Waals surface area contributed by atoms with Gasteiger partial charge in [0.25, 0.3) is 0 Å².